The summed E-state index contributed by atoms with van der Waals surface area (Å²) in [5.41, 5.74) is 0.375. The zero-order valence-electron chi connectivity index (χ0n) is 17.2. The Labute approximate surface area is 204 Å². The molecule has 0 saturated heterocycles. The first-order chi connectivity index (χ1) is 16.3. The number of aromatic nitrogens is 2. The van der Waals surface area contributed by atoms with Crippen LogP contribution in [-0.4, -0.2) is 24.5 Å². The summed E-state index contributed by atoms with van der Waals surface area (Å²) >= 11 is 11.7. The van der Waals surface area contributed by atoms with Crippen molar-refractivity contribution in [2.24, 2.45) is 0 Å². The molecule has 9 nitrogen and oxygen atoms in total. The standard InChI is InChI=1S/C22H16Cl2N4O5S/c23-17-3-1-2-4-18(17)32-13-15-7-10-19(33-15)22(29)25-14-5-8-16(9-6-14)34(30,31)28-21-12-11-20(24)26-27-21/h1-12H,13H2,(H,25,29)(H,27,28). The lowest BCUT2D eigenvalue weighted by Crippen LogP contribution is -2.15. The molecule has 174 valence electrons. The number of ether oxygens (including phenoxy) is 1. The number of sulfonamides is 1. The van der Waals surface area contributed by atoms with E-state index in [1.165, 1.54) is 42.5 Å². The van der Waals surface area contributed by atoms with Gasteiger partial charge < -0.3 is 14.5 Å². The summed E-state index contributed by atoms with van der Waals surface area (Å²) in [5.74, 6) is 0.516. The summed E-state index contributed by atoms with van der Waals surface area (Å²) in [4.78, 5) is 12.5. The molecule has 0 radical (unpaired) electrons. The van der Waals surface area contributed by atoms with Gasteiger partial charge in [0.1, 0.15) is 18.1 Å². The average molecular weight is 519 g/mol. The van der Waals surface area contributed by atoms with Crippen molar-refractivity contribution in [3.8, 4) is 5.75 Å². The number of hydrogen-bond donors (Lipinski definition) is 2. The molecule has 0 saturated carbocycles. The lowest BCUT2D eigenvalue weighted by Gasteiger charge is -2.08. The van der Waals surface area contributed by atoms with Crippen LogP contribution >= 0.6 is 23.2 Å². The first-order valence-corrected chi connectivity index (χ1v) is 11.9. The normalized spacial score (nSPS) is 11.1. The lowest BCUT2D eigenvalue weighted by molar-refractivity contribution is 0.0992. The molecule has 12 heteroatoms. The molecular formula is C22H16Cl2N4O5S. The molecule has 0 bridgehead atoms. The first kappa shape index (κ1) is 23.6. The Morgan fingerprint density at radius 2 is 1.71 bits per heavy atom. The molecule has 0 aliphatic rings. The Morgan fingerprint density at radius 1 is 0.941 bits per heavy atom. The summed E-state index contributed by atoms with van der Waals surface area (Å²) in [5, 5.41) is 10.5. The molecule has 0 aliphatic carbocycles. The molecule has 0 fully saturated rings. The molecule has 4 rings (SSSR count). The third-order valence-electron chi connectivity index (χ3n) is 4.39. The number of benzene rings is 2. The number of nitrogens with one attached hydrogen (secondary N) is 2. The van der Waals surface area contributed by atoms with E-state index in [4.69, 9.17) is 32.4 Å². The van der Waals surface area contributed by atoms with E-state index < -0.39 is 15.9 Å². The van der Waals surface area contributed by atoms with Gasteiger partial charge in [0, 0.05) is 5.69 Å². The predicted octanol–water partition coefficient (Wildman–Crippen LogP) is 5.01. The number of carbonyl (C=O) groups excluding carboxylic acids is 1. The van der Waals surface area contributed by atoms with E-state index in [1.54, 1.807) is 30.3 Å². The van der Waals surface area contributed by atoms with E-state index >= 15 is 0 Å². The van der Waals surface area contributed by atoms with Gasteiger partial charge in [0.2, 0.25) is 0 Å². The quantitative estimate of drug-likeness (QED) is 0.336. The molecule has 2 aromatic carbocycles. The smallest absolute Gasteiger partial charge is 0.291 e. The summed E-state index contributed by atoms with van der Waals surface area (Å²) in [6.45, 7) is 0.0918. The number of amides is 1. The molecule has 4 aromatic rings. The lowest BCUT2D eigenvalue weighted by atomic mass is 10.3. The molecule has 2 aromatic heterocycles. The van der Waals surface area contributed by atoms with Gasteiger partial charge >= 0.3 is 0 Å². The highest BCUT2D eigenvalue weighted by molar-refractivity contribution is 7.92. The van der Waals surface area contributed by atoms with Crippen molar-refractivity contribution in [1.29, 1.82) is 0 Å². The molecular weight excluding hydrogens is 503 g/mol. The SMILES string of the molecule is O=C(Nc1ccc(S(=O)(=O)Nc2ccc(Cl)nn2)cc1)c1ccc(COc2ccccc2Cl)o1. The highest BCUT2D eigenvalue weighted by Gasteiger charge is 2.17. The summed E-state index contributed by atoms with van der Waals surface area (Å²) < 4.78 is 38.4. The van der Waals surface area contributed by atoms with Crippen LogP contribution in [0.5, 0.6) is 5.75 Å². The van der Waals surface area contributed by atoms with Crippen LogP contribution in [0.25, 0.3) is 0 Å². The number of anilines is 2. The second kappa shape index (κ2) is 10.1. The van der Waals surface area contributed by atoms with Crippen molar-refractivity contribution in [2.45, 2.75) is 11.5 Å². The number of hydrogen-bond acceptors (Lipinski definition) is 7. The van der Waals surface area contributed by atoms with E-state index in [1.807, 2.05) is 0 Å². The maximum atomic E-state index is 12.5. The minimum absolute atomic E-state index is 0.0221. The van der Waals surface area contributed by atoms with Crippen LogP contribution < -0.4 is 14.8 Å². The van der Waals surface area contributed by atoms with Gasteiger partial charge in [-0.15, -0.1) is 10.2 Å². The van der Waals surface area contributed by atoms with Gasteiger partial charge in [-0.2, -0.15) is 0 Å². The Bertz CT molecular complexity index is 1410. The Morgan fingerprint density at radius 3 is 2.41 bits per heavy atom. The molecule has 0 atom stereocenters. The third kappa shape index (κ3) is 5.84. The van der Waals surface area contributed by atoms with Gasteiger partial charge in [-0.05, 0) is 60.7 Å². The van der Waals surface area contributed by atoms with Gasteiger partial charge in [0.05, 0.1) is 9.92 Å². The summed E-state index contributed by atoms with van der Waals surface area (Å²) in [6, 6.07) is 18.5. The number of para-hydroxylation sites is 1. The van der Waals surface area contributed by atoms with Crippen molar-refractivity contribution >= 4 is 50.6 Å². The first-order valence-electron chi connectivity index (χ1n) is 9.70. The van der Waals surface area contributed by atoms with Crippen molar-refractivity contribution in [1.82, 2.24) is 10.2 Å². The third-order valence-corrected chi connectivity index (χ3v) is 6.27. The van der Waals surface area contributed by atoms with Gasteiger partial charge in [-0.25, -0.2) is 8.42 Å². The van der Waals surface area contributed by atoms with Crippen molar-refractivity contribution in [3.05, 3.63) is 94.5 Å². The van der Waals surface area contributed by atoms with Gasteiger partial charge in [0.25, 0.3) is 15.9 Å². The summed E-state index contributed by atoms with van der Waals surface area (Å²) in [7, 11) is -3.90. The zero-order valence-corrected chi connectivity index (χ0v) is 19.6. The highest BCUT2D eigenvalue weighted by atomic mass is 35.5. The van der Waals surface area contributed by atoms with Gasteiger partial charge in [-0.3, -0.25) is 9.52 Å². The molecule has 2 heterocycles. The Kier molecular flexibility index (Phi) is 7.01. The molecule has 0 aliphatic heterocycles. The second-order valence-electron chi connectivity index (χ2n) is 6.81. The highest BCUT2D eigenvalue weighted by Crippen LogP contribution is 2.24. The van der Waals surface area contributed by atoms with Crippen molar-refractivity contribution in [2.75, 3.05) is 10.0 Å². The fourth-order valence-electron chi connectivity index (χ4n) is 2.77. The molecule has 0 spiro atoms. The maximum absolute atomic E-state index is 12.5. The molecule has 2 N–H and O–H groups in total. The zero-order chi connectivity index (χ0) is 24.1. The number of nitrogens with zero attached hydrogens (tertiary/aromatic N) is 2. The topological polar surface area (TPSA) is 123 Å². The van der Waals surface area contributed by atoms with Crippen LogP contribution in [0.1, 0.15) is 16.3 Å². The van der Waals surface area contributed by atoms with Crippen molar-refractivity contribution in [3.63, 3.8) is 0 Å². The van der Waals surface area contributed by atoms with Crippen LogP contribution in [0, 0.1) is 0 Å². The maximum Gasteiger partial charge on any atom is 0.291 e. The van der Waals surface area contributed by atoms with Crippen molar-refractivity contribution < 1.29 is 22.4 Å². The van der Waals surface area contributed by atoms with Gasteiger partial charge in [-0.1, -0.05) is 35.3 Å². The minimum Gasteiger partial charge on any atom is -0.484 e. The Hall–Kier alpha value is -3.60. The Balaban J connectivity index is 1.36. The number of halogens is 2. The molecule has 1 amide bonds. The second-order valence-corrected chi connectivity index (χ2v) is 9.29. The van der Waals surface area contributed by atoms with Crippen LogP contribution in [0.2, 0.25) is 10.2 Å². The minimum atomic E-state index is -3.90. The molecule has 0 unspecified atom stereocenters. The van der Waals surface area contributed by atoms with Crippen LogP contribution in [-0.2, 0) is 16.6 Å². The van der Waals surface area contributed by atoms with E-state index in [0.29, 0.717) is 22.2 Å². The monoisotopic (exact) mass is 518 g/mol. The van der Waals surface area contributed by atoms with Crippen LogP contribution in [0.4, 0.5) is 11.5 Å². The number of furan rings is 1. The average Bonchev–Trinajstić information content (AvgIpc) is 3.30. The summed E-state index contributed by atoms with van der Waals surface area (Å²) in [6.07, 6.45) is 0. The van der Waals surface area contributed by atoms with E-state index in [-0.39, 0.29) is 28.2 Å². The fourth-order valence-corrected chi connectivity index (χ4v) is 4.05. The number of carbonyl (C=O) groups is 1. The predicted molar refractivity (Wildman–Crippen MR) is 127 cm³/mol. The fraction of sp³-hybridized carbons (Fsp3) is 0.0455. The van der Waals surface area contributed by atoms with E-state index in [0.717, 1.165) is 0 Å². The van der Waals surface area contributed by atoms with E-state index in [9.17, 15) is 13.2 Å². The van der Waals surface area contributed by atoms with Crippen LogP contribution in [0.3, 0.4) is 0 Å². The van der Waals surface area contributed by atoms with Gasteiger partial charge in [0.15, 0.2) is 16.7 Å². The largest absolute Gasteiger partial charge is 0.484 e. The van der Waals surface area contributed by atoms with E-state index in [2.05, 4.69) is 20.2 Å². The molecule has 34 heavy (non-hydrogen) atoms. The van der Waals surface area contributed by atoms with Crippen LogP contribution in [0.15, 0.2) is 82.1 Å². The number of rotatable bonds is 8.